The predicted octanol–water partition coefficient (Wildman–Crippen LogP) is 0.608. The van der Waals surface area contributed by atoms with E-state index in [4.69, 9.17) is 4.55 Å². The molecule has 0 aromatic carbocycles. The van der Waals surface area contributed by atoms with Crippen molar-refractivity contribution < 1.29 is 22.2 Å². The summed E-state index contributed by atoms with van der Waals surface area (Å²) in [6.45, 7) is 0. The highest BCUT2D eigenvalue weighted by Crippen LogP contribution is 2.14. The van der Waals surface area contributed by atoms with Gasteiger partial charge >= 0.3 is 17.3 Å². The van der Waals surface area contributed by atoms with Crippen molar-refractivity contribution in [2.45, 2.75) is 0 Å². The minimum atomic E-state index is -2.41. The molecular formula is C5H4O5S. The quantitative estimate of drug-likeness (QED) is 0.539. The van der Waals surface area contributed by atoms with Gasteiger partial charge in [0.25, 0.3) is 0 Å². The average Bonchev–Trinajstić information content (AvgIpc) is 2.34. The van der Waals surface area contributed by atoms with Crippen LogP contribution in [0.4, 0.5) is 0 Å². The summed E-state index contributed by atoms with van der Waals surface area (Å²) >= 11 is -2.41. The van der Waals surface area contributed by atoms with Gasteiger partial charge in [-0.3, -0.25) is 9.35 Å². The van der Waals surface area contributed by atoms with Gasteiger partial charge in [-0.05, 0) is 6.07 Å². The predicted molar refractivity (Wildman–Crippen MR) is 35.5 cm³/mol. The lowest BCUT2D eigenvalue weighted by Gasteiger charge is -1.90. The molecule has 0 aliphatic rings. The van der Waals surface area contributed by atoms with Crippen molar-refractivity contribution in [2.75, 3.05) is 0 Å². The molecule has 1 rings (SSSR count). The van der Waals surface area contributed by atoms with Crippen molar-refractivity contribution >= 4 is 17.6 Å². The fraction of sp³-hybridized carbons (Fsp3) is 0. The van der Waals surface area contributed by atoms with Gasteiger partial charge in [0.05, 0.1) is 0 Å². The maximum atomic E-state index is 10.0. The fourth-order valence-electron chi connectivity index (χ4n) is 0.513. The second-order valence-corrected chi connectivity index (χ2v) is 2.18. The molecule has 6 heteroatoms. The van der Waals surface area contributed by atoms with E-state index in [2.05, 4.69) is 8.60 Å². The molecule has 0 bridgehead atoms. The van der Waals surface area contributed by atoms with E-state index in [1.54, 1.807) is 0 Å². The van der Waals surface area contributed by atoms with Gasteiger partial charge in [-0.25, -0.2) is 0 Å². The van der Waals surface area contributed by atoms with Gasteiger partial charge in [0.15, 0.2) is 12.0 Å². The standard InChI is InChI=1S/C5H4O5S/c6-3-4-1-2-5(9-4)10-11(7)8/h1-3H,(H,7,8). The highest BCUT2D eigenvalue weighted by molar-refractivity contribution is 7.74. The minimum absolute atomic E-state index is 0.0467. The van der Waals surface area contributed by atoms with Gasteiger partial charge in [0.2, 0.25) is 0 Å². The molecule has 0 saturated carbocycles. The van der Waals surface area contributed by atoms with Crippen LogP contribution in [0.5, 0.6) is 5.95 Å². The van der Waals surface area contributed by atoms with Gasteiger partial charge in [0, 0.05) is 6.07 Å². The first-order valence-electron chi connectivity index (χ1n) is 2.56. The van der Waals surface area contributed by atoms with Crippen molar-refractivity contribution in [3.05, 3.63) is 17.9 Å². The van der Waals surface area contributed by atoms with Crippen molar-refractivity contribution in [1.82, 2.24) is 0 Å². The van der Waals surface area contributed by atoms with Crippen LogP contribution in [0.1, 0.15) is 10.6 Å². The van der Waals surface area contributed by atoms with Gasteiger partial charge in [-0.1, -0.05) is 0 Å². The van der Waals surface area contributed by atoms with Crippen LogP contribution >= 0.6 is 0 Å². The summed E-state index contributed by atoms with van der Waals surface area (Å²) in [6, 6.07) is 2.60. The molecule has 11 heavy (non-hydrogen) atoms. The third-order valence-corrected chi connectivity index (χ3v) is 1.18. The van der Waals surface area contributed by atoms with E-state index in [1.807, 2.05) is 0 Å². The van der Waals surface area contributed by atoms with Crippen LogP contribution in [0.3, 0.4) is 0 Å². The number of rotatable bonds is 3. The lowest BCUT2D eigenvalue weighted by Crippen LogP contribution is -1.95. The Balaban J connectivity index is 2.72. The average molecular weight is 176 g/mol. The van der Waals surface area contributed by atoms with Crippen LogP contribution in [0, 0.1) is 0 Å². The molecule has 0 saturated heterocycles. The Morgan fingerprint density at radius 3 is 2.82 bits per heavy atom. The van der Waals surface area contributed by atoms with Crippen LogP contribution in [0.25, 0.3) is 0 Å². The zero-order valence-electron chi connectivity index (χ0n) is 5.22. The molecule has 0 aliphatic carbocycles. The third kappa shape index (κ3) is 2.17. The number of carbonyl (C=O) groups excluding carboxylic acids is 1. The molecule has 1 N–H and O–H groups in total. The number of hydrogen-bond acceptors (Lipinski definition) is 4. The summed E-state index contributed by atoms with van der Waals surface area (Å²) < 4.78 is 27.0. The molecule has 0 fully saturated rings. The normalized spacial score (nSPS) is 12.5. The van der Waals surface area contributed by atoms with E-state index >= 15 is 0 Å². The zero-order valence-corrected chi connectivity index (χ0v) is 6.04. The highest BCUT2D eigenvalue weighted by Gasteiger charge is 2.03. The van der Waals surface area contributed by atoms with E-state index in [1.165, 1.54) is 12.1 Å². The van der Waals surface area contributed by atoms with Crippen molar-refractivity contribution in [3.8, 4) is 5.95 Å². The summed E-state index contributed by atoms with van der Waals surface area (Å²) in [5.41, 5.74) is 0. The largest absolute Gasteiger partial charge is 0.422 e. The monoisotopic (exact) mass is 176 g/mol. The second-order valence-electron chi connectivity index (χ2n) is 1.58. The lowest BCUT2D eigenvalue weighted by atomic mass is 10.5. The van der Waals surface area contributed by atoms with Gasteiger partial charge in [0.1, 0.15) is 0 Å². The van der Waals surface area contributed by atoms with Gasteiger partial charge in [-0.2, -0.15) is 4.21 Å². The molecule has 1 aromatic heterocycles. The molecule has 0 radical (unpaired) electrons. The van der Waals surface area contributed by atoms with E-state index < -0.39 is 11.4 Å². The fourth-order valence-corrected chi connectivity index (χ4v) is 0.743. The second kappa shape index (κ2) is 3.31. The maximum absolute atomic E-state index is 10.0. The first-order chi connectivity index (χ1) is 5.22. The highest BCUT2D eigenvalue weighted by atomic mass is 32.2. The van der Waals surface area contributed by atoms with Crippen LogP contribution < -0.4 is 4.18 Å². The number of carbonyl (C=O) groups is 1. The smallest absolute Gasteiger partial charge is 0.360 e. The summed E-state index contributed by atoms with van der Waals surface area (Å²) in [4.78, 5) is 10.0. The van der Waals surface area contributed by atoms with Crippen LogP contribution in [-0.2, 0) is 11.4 Å². The Labute approximate surface area is 64.5 Å². The van der Waals surface area contributed by atoms with Gasteiger partial charge in [-0.15, -0.1) is 0 Å². The molecule has 1 heterocycles. The number of hydrogen-bond donors (Lipinski definition) is 1. The summed E-state index contributed by atoms with van der Waals surface area (Å²) in [5, 5.41) is 0. The third-order valence-electron chi connectivity index (χ3n) is 0.872. The first-order valence-corrected chi connectivity index (χ1v) is 3.60. The number of furan rings is 1. The summed E-state index contributed by atoms with van der Waals surface area (Å²) in [7, 11) is 0. The molecule has 1 unspecified atom stereocenters. The molecule has 1 atom stereocenters. The Kier molecular flexibility index (Phi) is 2.40. The molecular weight excluding hydrogens is 172 g/mol. The molecule has 5 nitrogen and oxygen atoms in total. The Bertz CT molecular complexity index is 278. The SMILES string of the molecule is O=Cc1ccc(OS(=O)O)o1. The number of aldehydes is 1. The molecule has 0 spiro atoms. The van der Waals surface area contributed by atoms with Crippen LogP contribution in [0.2, 0.25) is 0 Å². The van der Waals surface area contributed by atoms with Crippen LogP contribution in [-0.4, -0.2) is 15.0 Å². The van der Waals surface area contributed by atoms with Crippen molar-refractivity contribution in [2.24, 2.45) is 0 Å². The van der Waals surface area contributed by atoms with E-state index in [0.29, 0.717) is 6.29 Å². The van der Waals surface area contributed by atoms with Gasteiger partial charge < -0.3 is 8.60 Å². The zero-order chi connectivity index (χ0) is 8.27. The molecule has 0 aliphatic heterocycles. The topological polar surface area (TPSA) is 76.7 Å². The van der Waals surface area contributed by atoms with Crippen molar-refractivity contribution in [1.29, 1.82) is 0 Å². The molecule has 60 valence electrons. The Morgan fingerprint density at radius 2 is 2.36 bits per heavy atom. The van der Waals surface area contributed by atoms with Crippen molar-refractivity contribution in [3.63, 3.8) is 0 Å². The van der Waals surface area contributed by atoms with E-state index in [9.17, 15) is 9.00 Å². The first kappa shape index (κ1) is 7.96. The maximum Gasteiger partial charge on any atom is 0.360 e. The summed E-state index contributed by atoms with van der Waals surface area (Å²) in [6.07, 6.45) is 0.465. The van der Waals surface area contributed by atoms with Crippen LogP contribution in [0.15, 0.2) is 16.5 Å². The van der Waals surface area contributed by atoms with E-state index in [0.717, 1.165) is 0 Å². The molecule has 1 aromatic rings. The lowest BCUT2D eigenvalue weighted by molar-refractivity contribution is 0.109. The minimum Gasteiger partial charge on any atom is -0.422 e. The molecule has 0 amide bonds. The Morgan fingerprint density at radius 1 is 1.64 bits per heavy atom. The Hall–Kier alpha value is -1.14. The van der Waals surface area contributed by atoms with E-state index in [-0.39, 0.29) is 11.7 Å². The summed E-state index contributed by atoms with van der Waals surface area (Å²) in [5.74, 6) is -0.113.